The Morgan fingerprint density at radius 2 is 2.12 bits per heavy atom. The number of carbonyl (C=O) groups excluding carboxylic acids is 1. The number of hydrogen-bond donors (Lipinski definition) is 1. The van der Waals surface area contributed by atoms with Crippen LogP contribution in [0.4, 0.5) is 0 Å². The highest BCUT2D eigenvalue weighted by molar-refractivity contribution is 5.82. The van der Waals surface area contributed by atoms with Gasteiger partial charge in [0.15, 0.2) is 0 Å². The van der Waals surface area contributed by atoms with E-state index in [9.17, 15) is 4.79 Å². The minimum absolute atomic E-state index is 0.0226. The van der Waals surface area contributed by atoms with E-state index in [2.05, 4.69) is 67.1 Å². The third-order valence-electron chi connectivity index (χ3n) is 5.14. The molecule has 1 aromatic carbocycles. The molecule has 0 spiro atoms. The van der Waals surface area contributed by atoms with E-state index in [0.29, 0.717) is 6.04 Å². The molecule has 0 bridgehead atoms. The molecule has 2 rings (SSSR count). The van der Waals surface area contributed by atoms with Gasteiger partial charge in [-0.05, 0) is 51.9 Å². The molecule has 1 amide bonds. The maximum Gasteiger partial charge on any atom is 0.237 e. The number of likely N-dealkylation sites (N-methyl/N-ethyl adjacent to an activating group) is 1. The molecule has 0 aliphatic carbocycles. The lowest BCUT2D eigenvalue weighted by atomic mass is 10.1. The van der Waals surface area contributed by atoms with Crippen LogP contribution in [0.2, 0.25) is 0 Å². The van der Waals surface area contributed by atoms with Crippen LogP contribution in [0.5, 0.6) is 0 Å². The van der Waals surface area contributed by atoms with Gasteiger partial charge in [-0.1, -0.05) is 43.7 Å². The second kappa shape index (κ2) is 9.19. The topological polar surface area (TPSA) is 35.6 Å². The number of rotatable bonds is 8. The van der Waals surface area contributed by atoms with Crippen LogP contribution in [-0.2, 0) is 11.3 Å². The van der Waals surface area contributed by atoms with E-state index in [4.69, 9.17) is 0 Å². The van der Waals surface area contributed by atoms with Crippen LogP contribution < -0.4 is 5.32 Å². The van der Waals surface area contributed by atoms with Crippen molar-refractivity contribution in [2.75, 3.05) is 26.2 Å². The molecule has 2 unspecified atom stereocenters. The SMILES string of the molecule is CCN(CC)C(C)CNC(=O)C1CCCN1Cc1cccc(C)c1. The maximum atomic E-state index is 12.6. The summed E-state index contributed by atoms with van der Waals surface area (Å²) in [6.07, 6.45) is 2.08. The number of nitrogens with zero attached hydrogens (tertiary/aromatic N) is 2. The van der Waals surface area contributed by atoms with Crippen LogP contribution in [-0.4, -0.2) is 54.0 Å². The predicted molar refractivity (Wildman–Crippen MR) is 100 cm³/mol. The van der Waals surface area contributed by atoms with E-state index in [0.717, 1.165) is 45.6 Å². The van der Waals surface area contributed by atoms with Crippen molar-refractivity contribution in [3.63, 3.8) is 0 Å². The van der Waals surface area contributed by atoms with Gasteiger partial charge in [-0.2, -0.15) is 0 Å². The Morgan fingerprint density at radius 3 is 2.79 bits per heavy atom. The van der Waals surface area contributed by atoms with Gasteiger partial charge < -0.3 is 5.32 Å². The van der Waals surface area contributed by atoms with Crippen molar-refractivity contribution in [1.82, 2.24) is 15.1 Å². The van der Waals surface area contributed by atoms with Crippen molar-refractivity contribution in [3.8, 4) is 0 Å². The van der Waals surface area contributed by atoms with Gasteiger partial charge in [0.2, 0.25) is 5.91 Å². The monoisotopic (exact) mass is 331 g/mol. The van der Waals surface area contributed by atoms with Crippen LogP contribution in [0.15, 0.2) is 24.3 Å². The van der Waals surface area contributed by atoms with Crippen LogP contribution >= 0.6 is 0 Å². The minimum atomic E-state index is 0.0226. The Morgan fingerprint density at radius 1 is 1.38 bits per heavy atom. The van der Waals surface area contributed by atoms with Crippen molar-refractivity contribution < 1.29 is 4.79 Å². The van der Waals surface area contributed by atoms with Crippen LogP contribution in [0.1, 0.15) is 44.7 Å². The molecule has 1 aliphatic heterocycles. The summed E-state index contributed by atoms with van der Waals surface area (Å²) >= 11 is 0. The molecule has 0 radical (unpaired) electrons. The number of benzene rings is 1. The van der Waals surface area contributed by atoms with E-state index < -0.39 is 0 Å². The van der Waals surface area contributed by atoms with Crippen molar-refractivity contribution in [2.45, 2.75) is 59.2 Å². The molecule has 2 atom stereocenters. The fourth-order valence-corrected chi connectivity index (χ4v) is 3.70. The van der Waals surface area contributed by atoms with Gasteiger partial charge in [-0.25, -0.2) is 0 Å². The second-order valence-corrected chi connectivity index (χ2v) is 6.93. The zero-order chi connectivity index (χ0) is 17.5. The van der Waals surface area contributed by atoms with E-state index in [1.807, 2.05) is 0 Å². The Labute approximate surface area is 147 Å². The molecule has 4 nitrogen and oxygen atoms in total. The number of hydrogen-bond acceptors (Lipinski definition) is 3. The third-order valence-corrected chi connectivity index (χ3v) is 5.14. The smallest absolute Gasteiger partial charge is 0.237 e. The Bertz CT molecular complexity index is 527. The fraction of sp³-hybridized carbons (Fsp3) is 0.650. The maximum absolute atomic E-state index is 12.6. The summed E-state index contributed by atoms with van der Waals surface area (Å²) in [5.41, 5.74) is 2.58. The Balaban J connectivity index is 1.88. The molecule has 134 valence electrons. The Hall–Kier alpha value is -1.39. The molecular formula is C20H33N3O. The van der Waals surface area contributed by atoms with Gasteiger partial charge in [0.25, 0.3) is 0 Å². The standard InChI is InChI=1S/C20H33N3O/c1-5-22(6-2)17(4)14-21-20(24)19-11-8-12-23(19)15-18-10-7-9-16(3)13-18/h7,9-10,13,17,19H,5-6,8,11-12,14-15H2,1-4H3,(H,21,24). The predicted octanol–water partition coefficient (Wildman–Crippen LogP) is 2.81. The average molecular weight is 332 g/mol. The number of amides is 1. The van der Waals surface area contributed by atoms with Gasteiger partial charge in [0.05, 0.1) is 6.04 Å². The van der Waals surface area contributed by atoms with Gasteiger partial charge >= 0.3 is 0 Å². The molecule has 0 saturated carbocycles. The molecule has 1 N–H and O–H groups in total. The quantitative estimate of drug-likeness (QED) is 0.796. The molecule has 1 saturated heterocycles. The Kier molecular flexibility index (Phi) is 7.25. The van der Waals surface area contributed by atoms with Crippen molar-refractivity contribution in [1.29, 1.82) is 0 Å². The van der Waals surface area contributed by atoms with Gasteiger partial charge in [-0.3, -0.25) is 14.6 Å². The number of carbonyl (C=O) groups is 1. The lowest BCUT2D eigenvalue weighted by Crippen LogP contribution is -2.47. The van der Waals surface area contributed by atoms with E-state index in [-0.39, 0.29) is 11.9 Å². The zero-order valence-corrected chi connectivity index (χ0v) is 15.7. The first-order valence-electron chi connectivity index (χ1n) is 9.36. The second-order valence-electron chi connectivity index (χ2n) is 6.93. The minimum Gasteiger partial charge on any atom is -0.353 e. The highest BCUT2D eigenvalue weighted by Gasteiger charge is 2.30. The first-order valence-corrected chi connectivity index (χ1v) is 9.36. The van der Waals surface area contributed by atoms with E-state index >= 15 is 0 Å². The molecule has 0 aromatic heterocycles. The van der Waals surface area contributed by atoms with Crippen molar-refractivity contribution >= 4 is 5.91 Å². The molecular weight excluding hydrogens is 298 g/mol. The van der Waals surface area contributed by atoms with Crippen LogP contribution in [0, 0.1) is 6.92 Å². The average Bonchev–Trinajstić information content (AvgIpc) is 3.02. The summed E-state index contributed by atoms with van der Waals surface area (Å²) in [6, 6.07) is 9.00. The summed E-state index contributed by atoms with van der Waals surface area (Å²) in [5, 5.41) is 3.18. The third kappa shape index (κ3) is 5.05. The molecule has 1 aromatic rings. The summed E-state index contributed by atoms with van der Waals surface area (Å²) < 4.78 is 0. The summed E-state index contributed by atoms with van der Waals surface area (Å²) in [6.45, 7) is 13.3. The number of aryl methyl sites for hydroxylation is 1. The molecule has 1 fully saturated rings. The zero-order valence-electron chi connectivity index (χ0n) is 15.7. The molecule has 24 heavy (non-hydrogen) atoms. The number of likely N-dealkylation sites (tertiary alicyclic amines) is 1. The van der Waals surface area contributed by atoms with Gasteiger partial charge in [0, 0.05) is 19.1 Å². The summed E-state index contributed by atoms with van der Waals surface area (Å²) in [4.78, 5) is 17.3. The lowest BCUT2D eigenvalue weighted by Gasteiger charge is -2.28. The van der Waals surface area contributed by atoms with E-state index in [1.165, 1.54) is 11.1 Å². The molecule has 1 heterocycles. The van der Waals surface area contributed by atoms with Crippen molar-refractivity contribution in [3.05, 3.63) is 35.4 Å². The molecule has 1 aliphatic rings. The van der Waals surface area contributed by atoms with Crippen molar-refractivity contribution in [2.24, 2.45) is 0 Å². The normalized spacial score (nSPS) is 19.6. The van der Waals surface area contributed by atoms with Gasteiger partial charge in [-0.15, -0.1) is 0 Å². The largest absolute Gasteiger partial charge is 0.353 e. The lowest BCUT2D eigenvalue weighted by molar-refractivity contribution is -0.125. The summed E-state index contributed by atoms with van der Waals surface area (Å²) in [5.74, 6) is 0.194. The fourth-order valence-electron chi connectivity index (χ4n) is 3.70. The summed E-state index contributed by atoms with van der Waals surface area (Å²) in [7, 11) is 0. The van der Waals surface area contributed by atoms with E-state index in [1.54, 1.807) is 0 Å². The highest BCUT2D eigenvalue weighted by Crippen LogP contribution is 2.20. The van der Waals surface area contributed by atoms with Gasteiger partial charge in [0.1, 0.15) is 0 Å². The number of nitrogens with one attached hydrogen (secondary N) is 1. The van der Waals surface area contributed by atoms with Crippen LogP contribution in [0.25, 0.3) is 0 Å². The highest BCUT2D eigenvalue weighted by atomic mass is 16.2. The molecule has 4 heteroatoms. The first kappa shape index (κ1) is 18.9. The van der Waals surface area contributed by atoms with Crippen LogP contribution in [0.3, 0.4) is 0 Å². The first-order chi connectivity index (χ1) is 11.5.